The van der Waals surface area contributed by atoms with E-state index in [0.717, 1.165) is 20.4 Å². The quantitative estimate of drug-likeness (QED) is 0.362. The number of pyridine rings is 2. The van der Waals surface area contributed by atoms with Crippen LogP contribution < -0.4 is 4.57 Å². The summed E-state index contributed by atoms with van der Waals surface area (Å²) < 4.78 is 5.54. The topological polar surface area (TPSA) is 21.2 Å². The molecule has 0 amide bonds. The van der Waals surface area contributed by atoms with E-state index in [9.17, 15) is 0 Å². The van der Waals surface area contributed by atoms with Gasteiger partial charge in [0.1, 0.15) is 6.20 Å². The number of fused-ring (bicyclic) bond motifs is 3. The molecule has 4 aromatic rings. The number of aromatic nitrogens is 3. The van der Waals surface area contributed by atoms with Crippen LogP contribution in [0.25, 0.3) is 27.8 Å². The van der Waals surface area contributed by atoms with Crippen LogP contribution in [-0.2, 0) is 7.05 Å². The van der Waals surface area contributed by atoms with Crippen LogP contribution in [0.5, 0.6) is 0 Å². The predicted molar refractivity (Wildman–Crippen MR) is 92.0 cm³/mol. The zero-order valence-electron chi connectivity index (χ0n) is 11.5. The van der Waals surface area contributed by atoms with Gasteiger partial charge in [-0.2, -0.15) is 4.40 Å². The molecule has 0 aliphatic carbocycles. The van der Waals surface area contributed by atoms with Gasteiger partial charge in [0.25, 0.3) is 5.65 Å². The highest BCUT2D eigenvalue weighted by molar-refractivity contribution is 14.1. The van der Waals surface area contributed by atoms with Crippen molar-refractivity contribution in [2.45, 2.75) is 0 Å². The first-order valence-corrected chi connectivity index (χ1v) is 7.83. The van der Waals surface area contributed by atoms with Gasteiger partial charge in [-0.3, -0.25) is 0 Å². The molecule has 3 heterocycles. The van der Waals surface area contributed by atoms with Gasteiger partial charge in [-0.05, 0) is 23.8 Å². The van der Waals surface area contributed by atoms with Crippen LogP contribution in [0.3, 0.4) is 0 Å². The minimum Gasteiger partial charge on any atom is -0.231 e. The minimum atomic E-state index is 0.997. The van der Waals surface area contributed by atoms with E-state index in [1.54, 1.807) is 0 Å². The first kappa shape index (κ1) is 12.8. The maximum atomic E-state index is 4.56. The number of benzene rings is 1. The van der Waals surface area contributed by atoms with Gasteiger partial charge >= 0.3 is 0 Å². The van der Waals surface area contributed by atoms with Crippen LogP contribution in [0.15, 0.2) is 60.9 Å². The van der Waals surface area contributed by atoms with E-state index in [1.807, 2.05) is 18.3 Å². The largest absolute Gasteiger partial charge is 0.296 e. The van der Waals surface area contributed by atoms with Crippen molar-refractivity contribution in [2.75, 3.05) is 0 Å². The van der Waals surface area contributed by atoms with Crippen molar-refractivity contribution in [3.8, 4) is 11.1 Å². The molecular weight excluding hydrogens is 373 g/mol. The highest BCUT2D eigenvalue weighted by Crippen LogP contribution is 2.28. The van der Waals surface area contributed by atoms with Crippen molar-refractivity contribution in [2.24, 2.45) is 7.05 Å². The Bertz CT molecular complexity index is 958. The number of rotatable bonds is 1. The van der Waals surface area contributed by atoms with Crippen molar-refractivity contribution in [1.29, 1.82) is 0 Å². The highest BCUT2D eigenvalue weighted by atomic mass is 127. The van der Waals surface area contributed by atoms with Crippen molar-refractivity contribution in [1.82, 2.24) is 9.38 Å². The van der Waals surface area contributed by atoms with Crippen LogP contribution in [0.2, 0.25) is 0 Å². The number of aryl methyl sites for hydroxylation is 1. The number of halogens is 1. The van der Waals surface area contributed by atoms with E-state index in [4.69, 9.17) is 0 Å². The number of hydrogen-bond acceptors (Lipinski definition) is 1. The lowest BCUT2D eigenvalue weighted by atomic mass is 10.1. The molecule has 0 radical (unpaired) electrons. The third-order valence-electron chi connectivity index (χ3n) is 3.71. The monoisotopic (exact) mass is 386 g/mol. The van der Waals surface area contributed by atoms with Gasteiger partial charge < -0.3 is 0 Å². The molecule has 4 heteroatoms. The SMILES string of the molecule is C[n+]1cc(I)n2c3ncccc3cc(-c3ccccc3)c21. The molecule has 0 unspecified atom stereocenters. The van der Waals surface area contributed by atoms with Gasteiger partial charge in [0, 0.05) is 34.2 Å². The van der Waals surface area contributed by atoms with E-state index in [2.05, 4.69) is 86.2 Å². The molecular formula is C17H13IN3+. The number of nitrogens with zero attached hydrogens (tertiary/aromatic N) is 3. The van der Waals surface area contributed by atoms with E-state index in [1.165, 1.54) is 11.1 Å². The lowest BCUT2D eigenvalue weighted by Crippen LogP contribution is -2.26. The van der Waals surface area contributed by atoms with E-state index in [-0.39, 0.29) is 0 Å². The standard InChI is InChI=1S/C17H13IN3/c1-20-11-15(18)21-16-13(8-5-9-19-16)10-14(17(20)21)12-6-3-2-4-7-12/h2-11H,1H3/q+1. The average Bonchev–Trinajstić information content (AvgIpc) is 2.83. The fourth-order valence-corrected chi connectivity index (χ4v) is 3.68. The lowest BCUT2D eigenvalue weighted by Gasteiger charge is -2.04. The van der Waals surface area contributed by atoms with Crippen molar-refractivity contribution >= 4 is 39.3 Å². The molecule has 0 atom stereocenters. The predicted octanol–water partition coefficient (Wildman–Crippen LogP) is 3.58. The molecule has 102 valence electrons. The Morgan fingerprint density at radius 1 is 1.10 bits per heavy atom. The van der Waals surface area contributed by atoms with Crippen LogP contribution >= 0.6 is 22.6 Å². The lowest BCUT2D eigenvalue weighted by molar-refractivity contribution is -0.644. The second-order valence-electron chi connectivity index (χ2n) is 5.06. The third-order valence-corrected chi connectivity index (χ3v) is 4.47. The highest BCUT2D eigenvalue weighted by Gasteiger charge is 2.21. The van der Waals surface area contributed by atoms with Crippen LogP contribution in [0.1, 0.15) is 0 Å². The summed E-state index contributed by atoms with van der Waals surface area (Å²) in [5.74, 6) is 0. The van der Waals surface area contributed by atoms with E-state index in [0.29, 0.717) is 0 Å². The summed E-state index contributed by atoms with van der Waals surface area (Å²) in [5.41, 5.74) is 4.61. The molecule has 0 bridgehead atoms. The van der Waals surface area contributed by atoms with Gasteiger partial charge in [-0.15, -0.1) is 0 Å². The minimum absolute atomic E-state index is 0.997. The first-order valence-electron chi connectivity index (χ1n) is 6.75. The summed E-state index contributed by atoms with van der Waals surface area (Å²) in [4.78, 5) is 4.56. The molecule has 3 nitrogen and oxygen atoms in total. The van der Waals surface area contributed by atoms with Crippen molar-refractivity contribution < 1.29 is 4.57 Å². The molecule has 0 saturated carbocycles. The van der Waals surface area contributed by atoms with Gasteiger partial charge in [0.05, 0.1) is 12.6 Å². The second-order valence-corrected chi connectivity index (χ2v) is 6.17. The molecule has 0 aliphatic heterocycles. The van der Waals surface area contributed by atoms with Crippen LogP contribution in [0.4, 0.5) is 0 Å². The Labute approximate surface area is 136 Å². The second kappa shape index (κ2) is 4.80. The van der Waals surface area contributed by atoms with E-state index < -0.39 is 0 Å². The molecule has 0 saturated heterocycles. The Hall–Kier alpha value is -1.95. The maximum Gasteiger partial charge on any atom is 0.296 e. The summed E-state index contributed by atoms with van der Waals surface area (Å²) >= 11 is 2.37. The third kappa shape index (κ3) is 1.93. The average molecular weight is 386 g/mol. The Morgan fingerprint density at radius 3 is 2.71 bits per heavy atom. The molecule has 21 heavy (non-hydrogen) atoms. The Balaban J connectivity index is 2.24. The fourth-order valence-electron chi connectivity index (χ4n) is 2.81. The van der Waals surface area contributed by atoms with Gasteiger partial charge in [0.15, 0.2) is 0 Å². The molecule has 3 aromatic heterocycles. The molecule has 0 spiro atoms. The van der Waals surface area contributed by atoms with E-state index >= 15 is 0 Å². The summed E-state index contributed by atoms with van der Waals surface area (Å²) in [5, 5.41) is 1.15. The molecule has 0 N–H and O–H groups in total. The zero-order chi connectivity index (χ0) is 14.4. The fraction of sp³-hybridized carbons (Fsp3) is 0.0588. The number of imidazole rings is 1. The molecule has 0 aliphatic rings. The van der Waals surface area contributed by atoms with Gasteiger partial charge in [-0.1, -0.05) is 30.3 Å². The number of hydrogen-bond donors (Lipinski definition) is 0. The summed E-state index contributed by atoms with van der Waals surface area (Å²) in [6.07, 6.45) is 3.98. The van der Waals surface area contributed by atoms with Crippen molar-refractivity contribution in [3.05, 3.63) is 64.6 Å². The smallest absolute Gasteiger partial charge is 0.231 e. The summed E-state index contributed by atoms with van der Waals surface area (Å²) in [7, 11) is 2.08. The Morgan fingerprint density at radius 2 is 1.90 bits per heavy atom. The molecule has 0 fully saturated rings. The van der Waals surface area contributed by atoms with Gasteiger partial charge in [0.2, 0.25) is 9.35 Å². The maximum absolute atomic E-state index is 4.56. The normalized spacial score (nSPS) is 11.3. The molecule has 4 rings (SSSR count). The molecule has 1 aromatic carbocycles. The van der Waals surface area contributed by atoms with Crippen LogP contribution in [-0.4, -0.2) is 9.38 Å². The zero-order valence-corrected chi connectivity index (χ0v) is 13.7. The Kier molecular flexibility index (Phi) is 2.92. The summed E-state index contributed by atoms with van der Waals surface area (Å²) in [6, 6.07) is 16.8. The van der Waals surface area contributed by atoms with Crippen LogP contribution in [0, 0.1) is 3.70 Å². The van der Waals surface area contributed by atoms with Gasteiger partial charge in [-0.25, -0.2) is 9.55 Å². The first-order chi connectivity index (χ1) is 10.3. The van der Waals surface area contributed by atoms with Crippen molar-refractivity contribution in [3.63, 3.8) is 0 Å². The summed E-state index contributed by atoms with van der Waals surface area (Å²) in [6.45, 7) is 0.